The molecule has 0 radical (unpaired) electrons. The van der Waals surface area contributed by atoms with Gasteiger partial charge in [0.05, 0.1) is 5.60 Å². The predicted octanol–water partition coefficient (Wildman–Crippen LogP) is 2.82. The first-order valence-electron chi connectivity index (χ1n) is 7.63. The number of nitrogens with one attached hydrogen (secondary N) is 1. The Morgan fingerprint density at radius 2 is 1.95 bits per heavy atom. The normalized spacial score (nSPS) is 15.2. The van der Waals surface area contributed by atoms with E-state index in [1.54, 1.807) is 19.9 Å². The highest BCUT2D eigenvalue weighted by Gasteiger charge is 2.24. The SMILES string of the molecule is CCNC(c1ccccc1F)C(C)CN(C)CC(C)(C)O. The van der Waals surface area contributed by atoms with Gasteiger partial charge in [0, 0.05) is 24.7 Å². The molecule has 0 bridgehead atoms. The highest BCUT2D eigenvalue weighted by atomic mass is 19.1. The number of likely N-dealkylation sites (N-methyl/N-ethyl adjacent to an activating group) is 1. The molecule has 0 aliphatic carbocycles. The summed E-state index contributed by atoms with van der Waals surface area (Å²) in [5, 5.41) is 13.3. The molecule has 2 atom stereocenters. The summed E-state index contributed by atoms with van der Waals surface area (Å²) in [6.45, 7) is 9.91. The van der Waals surface area contributed by atoms with E-state index in [-0.39, 0.29) is 17.8 Å². The lowest BCUT2D eigenvalue weighted by molar-refractivity contribution is 0.0391. The van der Waals surface area contributed by atoms with Crippen molar-refractivity contribution in [1.29, 1.82) is 0 Å². The molecule has 0 aromatic heterocycles. The molecule has 0 amide bonds. The molecule has 1 aromatic rings. The second-order valence-electron chi connectivity index (χ2n) is 6.54. The molecule has 2 N–H and O–H groups in total. The maximum atomic E-state index is 14.0. The van der Waals surface area contributed by atoms with E-state index in [1.807, 2.05) is 26.1 Å². The summed E-state index contributed by atoms with van der Waals surface area (Å²) in [7, 11) is 1.98. The minimum Gasteiger partial charge on any atom is -0.389 e. The minimum atomic E-state index is -0.722. The van der Waals surface area contributed by atoms with E-state index in [9.17, 15) is 9.50 Å². The van der Waals surface area contributed by atoms with E-state index in [0.717, 1.165) is 13.1 Å². The Bertz CT molecular complexity index is 431. The van der Waals surface area contributed by atoms with Crippen LogP contribution in [0.1, 0.15) is 39.3 Å². The van der Waals surface area contributed by atoms with Crippen LogP contribution >= 0.6 is 0 Å². The monoisotopic (exact) mass is 296 g/mol. The molecular weight excluding hydrogens is 267 g/mol. The van der Waals surface area contributed by atoms with E-state index in [0.29, 0.717) is 12.1 Å². The standard InChI is InChI=1S/C17H29FN2O/c1-6-19-16(14-9-7-8-10-15(14)18)13(2)11-20(5)12-17(3,4)21/h7-10,13,16,19,21H,6,11-12H2,1-5H3. The van der Waals surface area contributed by atoms with Crippen LogP contribution < -0.4 is 5.32 Å². The van der Waals surface area contributed by atoms with E-state index in [2.05, 4.69) is 17.1 Å². The highest BCUT2D eigenvalue weighted by molar-refractivity contribution is 5.22. The van der Waals surface area contributed by atoms with E-state index >= 15 is 0 Å². The van der Waals surface area contributed by atoms with Gasteiger partial charge in [0.25, 0.3) is 0 Å². The second kappa shape index (κ2) is 7.87. The lowest BCUT2D eigenvalue weighted by Crippen LogP contribution is -2.41. The minimum absolute atomic E-state index is 0.0274. The van der Waals surface area contributed by atoms with Crippen molar-refractivity contribution < 1.29 is 9.50 Å². The van der Waals surface area contributed by atoms with Crippen LogP contribution in [0.3, 0.4) is 0 Å². The summed E-state index contributed by atoms with van der Waals surface area (Å²) in [5.74, 6) is 0.0645. The molecule has 21 heavy (non-hydrogen) atoms. The van der Waals surface area contributed by atoms with Crippen molar-refractivity contribution in [3.8, 4) is 0 Å². The van der Waals surface area contributed by atoms with Crippen molar-refractivity contribution in [1.82, 2.24) is 10.2 Å². The molecule has 4 heteroatoms. The van der Waals surface area contributed by atoms with Gasteiger partial charge in [-0.1, -0.05) is 32.0 Å². The molecule has 1 aromatic carbocycles. The molecule has 0 heterocycles. The fourth-order valence-corrected chi connectivity index (χ4v) is 2.89. The van der Waals surface area contributed by atoms with Gasteiger partial charge in [-0.3, -0.25) is 0 Å². The van der Waals surface area contributed by atoms with Crippen LogP contribution in [0.4, 0.5) is 4.39 Å². The van der Waals surface area contributed by atoms with E-state index in [1.165, 1.54) is 6.07 Å². The zero-order valence-corrected chi connectivity index (χ0v) is 13.9. The van der Waals surface area contributed by atoms with Gasteiger partial charge >= 0.3 is 0 Å². The number of nitrogens with zero attached hydrogens (tertiary/aromatic N) is 1. The van der Waals surface area contributed by atoms with Crippen molar-refractivity contribution >= 4 is 0 Å². The first kappa shape index (κ1) is 18.1. The summed E-state index contributed by atoms with van der Waals surface area (Å²) in [5.41, 5.74) is -0.0105. The Balaban J connectivity index is 2.79. The molecule has 0 fully saturated rings. The summed E-state index contributed by atoms with van der Waals surface area (Å²) in [4.78, 5) is 2.09. The lowest BCUT2D eigenvalue weighted by Gasteiger charge is -2.32. The summed E-state index contributed by atoms with van der Waals surface area (Å²) in [6.07, 6.45) is 0. The van der Waals surface area contributed by atoms with E-state index in [4.69, 9.17) is 0 Å². The highest BCUT2D eigenvalue weighted by Crippen LogP contribution is 2.25. The first-order valence-corrected chi connectivity index (χ1v) is 7.63. The van der Waals surface area contributed by atoms with Crippen LogP contribution in [0.25, 0.3) is 0 Å². The number of halogens is 1. The number of benzene rings is 1. The van der Waals surface area contributed by atoms with Crippen LogP contribution in [0.2, 0.25) is 0 Å². The van der Waals surface area contributed by atoms with Crippen molar-refractivity contribution in [2.45, 2.75) is 39.3 Å². The Labute approximate surface area is 128 Å². The van der Waals surface area contributed by atoms with Crippen LogP contribution in [-0.2, 0) is 0 Å². The third-order valence-electron chi connectivity index (χ3n) is 3.49. The van der Waals surface area contributed by atoms with Gasteiger partial charge in [0.1, 0.15) is 5.82 Å². The largest absolute Gasteiger partial charge is 0.389 e. The van der Waals surface area contributed by atoms with E-state index < -0.39 is 5.60 Å². The lowest BCUT2D eigenvalue weighted by atomic mass is 9.93. The second-order valence-corrected chi connectivity index (χ2v) is 6.54. The Hall–Kier alpha value is -0.970. The van der Waals surface area contributed by atoms with Gasteiger partial charge < -0.3 is 15.3 Å². The van der Waals surface area contributed by atoms with Gasteiger partial charge in [-0.2, -0.15) is 0 Å². The zero-order chi connectivity index (χ0) is 16.0. The third kappa shape index (κ3) is 6.12. The van der Waals surface area contributed by atoms with Crippen molar-refractivity contribution in [2.75, 3.05) is 26.7 Å². The quantitative estimate of drug-likeness (QED) is 0.774. The topological polar surface area (TPSA) is 35.5 Å². The van der Waals surface area contributed by atoms with Crippen LogP contribution in [0.15, 0.2) is 24.3 Å². The van der Waals surface area contributed by atoms with Gasteiger partial charge in [-0.05, 0) is 39.4 Å². The predicted molar refractivity (Wildman–Crippen MR) is 85.8 cm³/mol. The molecule has 120 valence electrons. The smallest absolute Gasteiger partial charge is 0.127 e. The van der Waals surface area contributed by atoms with Crippen LogP contribution in [-0.4, -0.2) is 42.3 Å². The number of rotatable bonds is 8. The maximum absolute atomic E-state index is 14.0. The maximum Gasteiger partial charge on any atom is 0.127 e. The molecule has 1 rings (SSSR count). The molecule has 3 nitrogen and oxygen atoms in total. The van der Waals surface area contributed by atoms with Gasteiger partial charge in [0.2, 0.25) is 0 Å². The summed E-state index contributed by atoms with van der Waals surface area (Å²) in [6, 6.07) is 6.91. The van der Waals surface area contributed by atoms with Crippen molar-refractivity contribution in [3.05, 3.63) is 35.6 Å². The Morgan fingerprint density at radius 1 is 1.33 bits per heavy atom. The number of hydrogen-bond donors (Lipinski definition) is 2. The Morgan fingerprint density at radius 3 is 2.48 bits per heavy atom. The number of aliphatic hydroxyl groups is 1. The molecule has 0 spiro atoms. The summed E-state index contributed by atoms with van der Waals surface area (Å²) < 4.78 is 14.0. The van der Waals surface area contributed by atoms with Crippen molar-refractivity contribution in [3.63, 3.8) is 0 Å². The molecular formula is C17H29FN2O. The average molecular weight is 296 g/mol. The van der Waals surface area contributed by atoms with Crippen LogP contribution in [0, 0.1) is 11.7 Å². The molecule has 2 unspecified atom stereocenters. The summed E-state index contributed by atoms with van der Waals surface area (Å²) >= 11 is 0. The molecule has 0 aliphatic heterocycles. The average Bonchev–Trinajstić information content (AvgIpc) is 2.34. The molecule has 0 saturated carbocycles. The van der Waals surface area contributed by atoms with Crippen LogP contribution in [0.5, 0.6) is 0 Å². The van der Waals surface area contributed by atoms with Gasteiger partial charge in [0.15, 0.2) is 0 Å². The van der Waals surface area contributed by atoms with Crippen molar-refractivity contribution in [2.24, 2.45) is 5.92 Å². The fourth-order valence-electron chi connectivity index (χ4n) is 2.89. The van der Waals surface area contributed by atoms with Gasteiger partial charge in [-0.25, -0.2) is 4.39 Å². The third-order valence-corrected chi connectivity index (χ3v) is 3.49. The number of hydrogen-bond acceptors (Lipinski definition) is 3. The fraction of sp³-hybridized carbons (Fsp3) is 0.647. The molecule has 0 saturated heterocycles. The zero-order valence-electron chi connectivity index (χ0n) is 13.9. The molecule has 0 aliphatic rings. The Kier molecular flexibility index (Phi) is 6.78. The first-order chi connectivity index (χ1) is 9.74. The van der Waals surface area contributed by atoms with Gasteiger partial charge in [-0.15, -0.1) is 0 Å².